The molecule has 0 radical (unpaired) electrons. The van der Waals surface area contributed by atoms with E-state index in [4.69, 9.17) is 0 Å². The molecule has 0 saturated carbocycles. The molecule has 2 unspecified atom stereocenters. The zero-order valence-corrected chi connectivity index (χ0v) is 18.2. The molecular formula is C22H21F6O2P. The van der Waals surface area contributed by atoms with Crippen LogP contribution in [-0.4, -0.2) is 16.7 Å². The van der Waals surface area contributed by atoms with Crippen molar-refractivity contribution in [2.45, 2.75) is 52.1 Å². The van der Waals surface area contributed by atoms with E-state index in [1.54, 1.807) is 39.0 Å². The van der Waals surface area contributed by atoms with Gasteiger partial charge in [0.1, 0.15) is 0 Å². The van der Waals surface area contributed by atoms with Gasteiger partial charge in [0.05, 0.1) is 11.1 Å². The van der Waals surface area contributed by atoms with Gasteiger partial charge in [-0.15, -0.1) is 0 Å². The first-order chi connectivity index (χ1) is 14.2. The lowest BCUT2D eigenvalue weighted by atomic mass is 10.0. The lowest BCUT2D eigenvalue weighted by molar-refractivity contribution is -0.143. The van der Waals surface area contributed by atoms with E-state index in [0.29, 0.717) is 29.3 Å². The third-order valence-corrected chi connectivity index (χ3v) is 7.62. The molecule has 0 amide bonds. The highest BCUT2D eigenvalue weighted by atomic mass is 31.1. The highest BCUT2D eigenvalue weighted by Crippen LogP contribution is 2.53. The molecule has 0 fully saturated rings. The van der Waals surface area contributed by atoms with E-state index in [0.717, 1.165) is 0 Å². The normalized spacial score (nSPS) is 14.3. The molecule has 2 aromatic carbocycles. The summed E-state index contributed by atoms with van der Waals surface area (Å²) in [7, 11) is -2.53. The molecule has 0 N–H and O–H groups in total. The van der Waals surface area contributed by atoms with E-state index >= 15 is 0 Å². The minimum Gasteiger partial charge on any atom is -0.289 e. The smallest absolute Gasteiger partial charge is 0.289 e. The summed E-state index contributed by atoms with van der Waals surface area (Å²) in [5, 5.41) is 0. The minimum atomic E-state index is -5.19. The van der Waals surface area contributed by atoms with Crippen molar-refractivity contribution in [3.8, 4) is 0 Å². The van der Waals surface area contributed by atoms with Gasteiger partial charge in [0.25, 0.3) is 0 Å². The third kappa shape index (κ3) is 5.17. The molecule has 2 nitrogen and oxygen atoms in total. The van der Waals surface area contributed by atoms with Gasteiger partial charge in [0, 0.05) is 19.0 Å². The number of hydrogen-bond donors (Lipinski definition) is 0. The maximum absolute atomic E-state index is 13.6. The van der Waals surface area contributed by atoms with E-state index in [1.165, 1.54) is 6.92 Å². The van der Waals surface area contributed by atoms with E-state index < -0.39 is 53.7 Å². The minimum absolute atomic E-state index is 0.167. The predicted molar refractivity (Wildman–Crippen MR) is 108 cm³/mol. The third-order valence-electron chi connectivity index (χ3n) is 5.05. The number of carbonyl (C=O) groups excluding carboxylic acids is 2. The van der Waals surface area contributed by atoms with E-state index in [2.05, 4.69) is 0 Å². The monoisotopic (exact) mass is 462 g/mol. The molecule has 0 aliphatic heterocycles. The van der Waals surface area contributed by atoms with Gasteiger partial charge in [-0.2, -0.15) is 26.3 Å². The molecule has 0 aliphatic carbocycles. The molecule has 2 rings (SSSR count). The number of carbonyl (C=O) groups is 2. The van der Waals surface area contributed by atoms with Gasteiger partial charge in [-0.3, -0.25) is 9.59 Å². The average molecular weight is 462 g/mol. The van der Waals surface area contributed by atoms with Crippen molar-refractivity contribution < 1.29 is 35.9 Å². The average Bonchev–Trinajstić information content (AvgIpc) is 2.65. The Kier molecular flexibility index (Phi) is 7.36. The Morgan fingerprint density at radius 1 is 0.806 bits per heavy atom. The first-order valence-corrected chi connectivity index (χ1v) is 10.8. The van der Waals surface area contributed by atoms with Crippen molar-refractivity contribution >= 4 is 19.0 Å². The largest absolute Gasteiger partial charge is 0.417 e. The van der Waals surface area contributed by atoms with Crippen molar-refractivity contribution in [1.82, 2.24) is 0 Å². The zero-order valence-electron chi connectivity index (χ0n) is 17.3. The second-order valence-electron chi connectivity index (χ2n) is 7.23. The van der Waals surface area contributed by atoms with Crippen LogP contribution in [0.5, 0.6) is 0 Å². The highest BCUT2D eigenvalue weighted by molar-refractivity contribution is 7.90. The second kappa shape index (κ2) is 9.11. The van der Waals surface area contributed by atoms with Crippen LogP contribution in [0.25, 0.3) is 0 Å². The Balaban J connectivity index is 2.80. The molecule has 31 heavy (non-hydrogen) atoms. The van der Waals surface area contributed by atoms with Gasteiger partial charge in [-0.25, -0.2) is 0 Å². The summed E-state index contributed by atoms with van der Waals surface area (Å²) in [5.41, 5.74) is -6.49. The predicted octanol–water partition coefficient (Wildman–Crippen LogP) is 7.60. The lowest BCUT2D eigenvalue weighted by Gasteiger charge is -2.25. The molecule has 2 atom stereocenters. The summed E-state index contributed by atoms with van der Waals surface area (Å²) in [5.74, 6) is 0. The molecule has 0 heterocycles. The van der Waals surface area contributed by atoms with E-state index in [9.17, 15) is 35.9 Å². The van der Waals surface area contributed by atoms with Gasteiger partial charge in [-0.1, -0.05) is 38.1 Å². The van der Waals surface area contributed by atoms with Crippen molar-refractivity contribution in [2.24, 2.45) is 0 Å². The fourth-order valence-electron chi connectivity index (χ4n) is 3.32. The van der Waals surface area contributed by atoms with Crippen LogP contribution in [-0.2, 0) is 12.4 Å². The molecule has 0 saturated heterocycles. The summed E-state index contributed by atoms with van der Waals surface area (Å²) in [6.07, 6.45) is -10.1. The van der Waals surface area contributed by atoms with Crippen LogP contribution in [0, 0.1) is 13.8 Å². The molecule has 0 bridgehead atoms. The van der Waals surface area contributed by atoms with Crippen molar-refractivity contribution in [1.29, 1.82) is 0 Å². The van der Waals surface area contributed by atoms with E-state index in [1.807, 2.05) is 0 Å². The molecule has 9 heteroatoms. The maximum Gasteiger partial charge on any atom is 0.417 e. The Bertz CT molecular complexity index is 942. The SMILES string of the molecule is CCC(C)P(C(=O)c1c(C)cccc1C)C(=O)c1c(C(F)(F)F)cccc1C(F)(F)F. The van der Waals surface area contributed by atoms with Gasteiger partial charge in [0.15, 0.2) is 11.0 Å². The quantitative estimate of drug-likeness (QED) is 0.327. The van der Waals surface area contributed by atoms with Crippen LogP contribution in [0.4, 0.5) is 26.3 Å². The number of aryl methyl sites for hydroxylation is 2. The Labute approximate surface area is 177 Å². The molecule has 2 aromatic rings. The summed E-state index contributed by atoms with van der Waals surface area (Å²) < 4.78 is 81.5. The molecular weight excluding hydrogens is 441 g/mol. The van der Waals surface area contributed by atoms with E-state index in [-0.39, 0.29) is 12.0 Å². The topological polar surface area (TPSA) is 34.1 Å². The molecule has 0 aliphatic rings. The highest BCUT2D eigenvalue weighted by Gasteiger charge is 2.46. The second-order valence-corrected chi connectivity index (χ2v) is 9.66. The van der Waals surface area contributed by atoms with Crippen LogP contribution in [0.3, 0.4) is 0 Å². The number of halogens is 6. The fraction of sp³-hybridized carbons (Fsp3) is 0.364. The van der Waals surface area contributed by atoms with Gasteiger partial charge in [0.2, 0.25) is 0 Å². The Hall–Kier alpha value is -2.21. The van der Waals surface area contributed by atoms with Crippen LogP contribution in [0.2, 0.25) is 0 Å². The summed E-state index contributed by atoms with van der Waals surface area (Å²) >= 11 is 0. The summed E-state index contributed by atoms with van der Waals surface area (Å²) in [6.45, 7) is 6.35. The molecule has 0 aromatic heterocycles. The number of alkyl halides is 6. The van der Waals surface area contributed by atoms with Gasteiger partial charge in [-0.05, 0) is 49.2 Å². The number of hydrogen-bond acceptors (Lipinski definition) is 2. The van der Waals surface area contributed by atoms with Crippen molar-refractivity contribution in [3.05, 3.63) is 69.8 Å². The van der Waals surface area contributed by atoms with Gasteiger partial charge < -0.3 is 0 Å². The molecule has 0 spiro atoms. The van der Waals surface area contributed by atoms with Crippen LogP contribution >= 0.6 is 7.92 Å². The maximum atomic E-state index is 13.6. The Morgan fingerprint density at radius 2 is 1.19 bits per heavy atom. The van der Waals surface area contributed by atoms with Crippen LogP contribution in [0.15, 0.2) is 36.4 Å². The van der Waals surface area contributed by atoms with Crippen LogP contribution in [0.1, 0.15) is 63.2 Å². The summed E-state index contributed by atoms with van der Waals surface area (Å²) in [6, 6.07) is 6.39. The number of benzene rings is 2. The fourth-order valence-corrected chi connectivity index (χ4v) is 5.75. The summed E-state index contributed by atoms with van der Waals surface area (Å²) in [4.78, 5) is 26.7. The standard InChI is InChI=1S/C22H21F6O2P/c1-5-14(4)31(19(29)17-12(2)8-6-9-13(17)3)20(30)18-15(21(23,24)25)10-7-11-16(18)22(26,27)28/h6-11,14H,5H2,1-4H3. The molecule has 168 valence electrons. The first kappa shape index (κ1) is 25.1. The first-order valence-electron chi connectivity index (χ1n) is 9.43. The lowest BCUT2D eigenvalue weighted by Crippen LogP contribution is -2.23. The van der Waals surface area contributed by atoms with Crippen molar-refractivity contribution in [2.75, 3.05) is 0 Å². The van der Waals surface area contributed by atoms with Crippen LogP contribution < -0.4 is 0 Å². The van der Waals surface area contributed by atoms with Crippen molar-refractivity contribution in [3.63, 3.8) is 0 Å². The van der Waals surface area contributed by atoms with Gasteiger partial charge >= 0.3 is 12.4 Å². The number of rotatable bonds is 6. The Morgan fingerprint density at radius 3 is 1.58 bits per heavy atom. The zero-order chi connectivity index (χ0) is 23.7.